The van der Waals surface area contributed by atoms with Gasteiger partial charge in [-0.15, -0.1) is 0 Å². The Bertz CT molecular complexity index is 705. The van der Waals surface area contributed by atoms with Crippen LogP contribution < -0.4 is 11.5 Å². The maximum absolute atomic E-state index is 6.05. The molecule has 6 heteroatoms. The smallest absolute Gasteiger partial charge is 0.220 e. The second kappa shape index (κ2) is 4.41. The lowest BCUT2D eigenvalue weighted by molar-refractivity contribution is 0.883. The Morgan fingerprint density at radius 2 is 1.95 bits per heavy atom. The minimum Gasteiger partial charge on any atom is -0.397 e. The van der Waals surface area contributed by atoms with Crippen LogP contribution in [0.5, 0.6) is 0 Å². The van der Waals surface area contributed by atoms with E-state index < -0.39 is 0 Å². The topological polar surface area (TPSA) is 95.6 Å². The van der Waals surface area contributed by atoms with Gasteiger partial charge in [0, 0.05) is 24.2 Å². The van der Waals surface area contributed by atoms with Crippen LogP contribution in [0.25, 0.3) is 16.9 Å². The summed E-state index contributed by atoms with van der Waals surface area (Å²) in [6, 6.07) is 9.31. The molecule has 6 nitrogen and oxygen atoms in total. The molecule has 0 radical (unpaired) electrons. The molecule has 0 aliphatic carbocycles. The van der Waals surface area contributed by atoms with E-state index >= 15 is 0 Å². The molecule has 0 bridgehead atoms. The van der Waals surface area contributed by atoms with Crippen molar-refractivity contribution in [1.29, 1.82) is 0 Å². The molecule has 94 valence electrons. The molecule has 0 fully saturated rings. The molecule has 0 saturated carbocycles. The van der Waals surface area contributed by atoms with Gasteiger partial charge in [-0.2, -0.15) is 5.10 Å². The molecule has 4 N–H and O–H groups in total. The Hall–Kier alpha value is -2.89. The van der Waals surface area contributed by atoms with Crippen LogP contribution in [0.2, 0.25) is 0 Å². The summed E-state index contributed by atoms with van der Waals surface area (Å²) < 4.78 is 1.72. The standard InChI is InChI=1S/C13H12N6/c14-10-8-9(11-4-6-16-13(15)18-11)2-3-12(10)19-7-1-5-17-19/h1-8H,14H2,(H2,15,16,18). The van der Waals surface area contributed by atoms with Crippen LogP contribution in [0.3, 0.4) is 0 Å². The Kier molecular flexibility index (Phi) is 2.60. The highest BCUT2D eigenvalue weighted by atomic mass is 15.3. The fraction of sp³-hybridized carbons (Fsp3) is 0. The van der Waals surface area contributed by atoms with Crippen molar-refractivity contribution in [2.75, 3.05) is 11.5 Å². The lowest BCUT2D eigenvalue weighted by Crippen LogP contribution is -2.01. The second-order valence-electron chi connectivity index (χ2n) is 4.02. The predicted molar refractivity (Wildman–Crippen MR) is 73.4 cm³/mol. The SMILES string of the molecule is Nc1nccc(-c2ccc(-n3cccn3)c(N)c2)n1. The lowest BCUT2D eigenvalue weighted by Gasteiger charge is -2.08. The summed E-state index contributed by atoms with van der Waals surface area (Å²) in [5, 5.41) is 4.15. The molecule has 1 aromatic carbocycles. The lowest BCUT2D eigenvalue weighted by atomic mass is 10.1. The molecular formula is C13H12N6. The van der Waals surface area contributed by atoms with Gasteiger partial charge in [-0.25, -0.2) is 14.6 Å². The predicted octanol–water partition coefficient (Wildman–Crippen LogP) is 1.49. The molecule has 19 heavy (non-hydrogen) atoms. The van der Waals surface area contributed by atoms with Gasteiger partial charge in [0.25, 0.3) is 0 Å². The number of nitrogen functional groups attached to an aromatic ring is 2. The van der Waals surface area contributed by atoms with E-state index in [2.05, 4.69) is 15.1 Å². The van der Waals surface area contributed by atoms with Gasteiger partial charge in [-0.1, -0.05) is 6.07 Å². The summed E-state index contributed by atoms with van der Waals surface area (Å²) in [5.74, 6) is 0.243. The van der Waals surface area contributed by atoms with Crippen LogP contribution in [0.15, 0.2) is 48.9 Å². The van der Waals surface area contributed by atoms with Gasteiger partial charge in [-0.3, -0.25) is 0 Å². The first-order valence-electron chi connectivity index (χ1n) is 5.72. The number of nitrogens with zero attached hydrogens (tertiary/aromatic N) is 4. The van der Waals surface area contributed by atoms with Crippen LogP contribution >= 0.6 is 0 Å². The molecule has 3 rings (SSSR count). The number of nitrogens with two attached hydrogens (primary N) is 2. The van der Waals surface area contributed by atoms with E-state index in [1.807, 2.05) is 30.5 Å². The molecule has 0 spiro atoms. The quantitative estimate of drug-likeness (QED) is 0.674. The van der Waals surface area contributed by atoms with Crippen molar-refractivity contribution in [3.8, 4) is 16.9 Å². The third-order valence-corrected chi connectivity index (χ3v) is 2.75. The van der Waals surface area contributed by atoms with Gasteiger partial charge < -0.3 is 11.5 Å². The van der Waals surface area contributed by atoms with E-state index in [0.29, 0.717) is 5.69 Å². The monoisotopic (exact) mass is 252 g/mol. The summed E-state index contributed by atoms with van der Waals surface area (Å²) in [6.07, 6.45) is 5.17. The molecule has 3 aromatic rings. The molecule has 0 unspecified atom stereocenters. The van der Waals surface area contributed by atoms with E-state index in [1.54, 1.807) is 23.1 Å². The highest BCUT2D eigenvalue weighted by Crippen LogP contribution is 2.24. The van der Waals surface area contributed by atoms with Crippen molar-refractivity contribution in [3.63, 3.8) is 0 Å². The van der Waals surface area contributed by atoms with Gasteiger partial charge in [0.1, 0.15) is 0 Å². The Morgan fingerprint density at radius 1 is 1.05 bits per heavy atom. The first-order chi connectivity index (χ1) is 9.24. The van der Waals surface area contributed by atoms with Crippen LogP contribution in [0.1, 0.15) is 0 Å². The van der Waals surface area contributed by atoms with Gasteiger partial charge in [-0.05, 0) is 24.3 Å². The van der Waals surface area contributed by atoms with Crippen LogP contribution in [-0.4, -0.2) is 19.7 Å². The maximum Gasteiger partial charge on any atom is 0.220 e. The minimum absolute atomic E-state index is 0.243. The van der Waals surface area contributed by atoms with Crippen LogP contribution in [-0.2, 0) is 0 Å². The summed E-state index contributed by atoms with van der Waals surface area (Å²) in [6.45, 7) is 0. The van der Waals surface area contributed by atoms with Crippen LogP contribution in [0.4, 0.5) is 11.6 Å². The fourth-order valence-corrected chi connectivity index (χ4v) is 1.87. The molecule has 2 heterocycles. The largest absolute Gasteiger partial charge is 0.397 e. The zero-order valence-electron chi connectivity index (χ0n) is 10.1. The number of hydrogen-bond acceptors (Lipinski definition) is 5. The number of rotatable bonds is 2. The van der Waals surface area contributed by atoms with Crippen molar-refractivity contribution < 1.29 is 0 Å². The Morgan fingerprint density at radius 3 is 2.63 bits per heavy atom. The highest BCUT2D eigenvalue weighted by Gasteiger charge is 2.06. The van der Waals surface area contributed by atoms with Gasteiger partial charge >= 0.3 is 0 Å². The zero-order chi connectivity index (χ0) is 13.2. The van der Waals surface area contributed by atoms with Gasteiger partial charge in [0.2, 0.25) is 5.95 Å². The van der Waals surface area contributed by atoms with Crippen LogP contribution in [0, 0.1) is 0 Å². The first kappa shape index (κ1) is 11.2. The maximum atomic E-state index is 6.05. The van der Waals surface area contributed by atoms with Crippen molar-refractivity contribution in [2.45, 2.75) is 0 Å². The summed E-state index contributed by atoms with van der Waals surface area (Å²) >= 11 is 0. The van der Waals surface area contributed by atoms with Crippen molar-refractivity contribution in [2.24, 2.45) is 0 Å². The second-order valence-corrected chi connectivity index (χ2v) is 4.02. The van der Waals surface area contributed by atoms with Crippen molar-refractivity contribution in [1.82, 2.24) is 19.7 Å². The number of anilines is 2. The van der Waals surface area contributed by atoms with E-state index in [-0.39, 0.29) is 5.95 Å². The minimum atomic E-state index is 0.243. The average Bonchev–Trinajstić information content (AvgIpc) is 2.92. The Labute approximate surface area is 109 Å². The summed E-state index contributed by atoms with van der Waals surface area (Å²) in [7, 11) is 0. The first-order valence-corrected chi connectivity index (χ1v) is 5.72. The molecule has 2 aromatic heterocycles. The Balaban J connectivity index is 2.05. The molecular weight excluding hydrogens is 240 g/mol. The number of hydrogen-bond donors (Lipinski definition) is 2. The number of aromatic nitrogens is 4. The fourth-order valence-electron chi connectivity index (χ4n) is 1.87. The molecule has 0 amide bonds. The van der Waals surface area contributed by atoms with E-state index in [9.17, 15) is 0 Å². The van der Waals surface area contributed by atoms with E-state index in [4.69, 9.17) is 11.5 Å². The molecule has 0 aliphatic heterocycles. The summed E-state index contributed by atoms with van der Waals surface area (Å²) in [4.78, 5) is 8.03. The normalized spacial score (nSPS) is 10.5. The van der Waals surface area contributed by atoms with Gasteiger partial charge in [0.15, 0.2) is 0 Å². The molecule has 0 aliphatic rings. The third-order valence-electron chi connectivity index (χ3n) is 2.75. The van der Waals surface area contributed by atoms with Crippen molar-refractivity contribution >= 4 is 11.6 Å². The highest BCUT2D eigenvalue weighted by molar-refractivity contribution is 5.70. The van der Waals surface area contributed by atoms with Gasteiger partial charge in [0.05, 0.1) is 17.1 Å². The summed E-state index contributed by atoms with van der Waals surface area (Å²) in [5.41, 5.74) is 14.7. The average molecular weight is 252 g/mol. The zero-order valence-corrected chi connectivity index (χ0v) is 10.1. The molecule has 0 saturated heterocycles. The molecule has 0 atom stereocenters. The van der Waals surface area contributed by atoms with Crippen molar-refractivity contribution in [3.05, 3.63) is 48.9 Å². The van der Waals surface area contributed by atoms with E-state index in [0.717, 1.165) is 16.9 Å². The third kappa shape index (κ3) is 2.11. The van der Waals surface area contributed by atoms with E-state index in [1.165, 1.54) is 0 Å². The number of benzene rings is 1.